The van der Waals surface area contributed by atoms with Crippen LogP contribution in [0.15, 0.2) is 78.9 Å². The third-order valence-corrected chi connectivity index (χ3v) is 8.08. The van der Waals surface area contributed by atoms with E-state index in [9.17, 15) is 14.6 Å². The molecule has 0 saturated carbocycles. The predicted molar refractivity (Wildman–Crippen MR) is 121 cm³/mol. The number of hydrogen-bond acceptors (Lipinski definition) is 5. The molecule has 2 atom stereocenters. The lowest BCUT2D eigenvalue weighted by molar-refractivity contribution is -0.133. The van der Waals surface area contributed by atoms with Crippen LogP contribution in [-0.2, 0) is 26.8 Å². The van der Waals surface area contributed by atoms with E-state index in [0.717, 1.165) is 11.1 Å². The van der Waals surface area contributed by atoms with Gasteiger partial charge in [0.25, 0.3) is 5.91 Å². The van der Waals surface area contributed by atoms with E-state index in [-0.39, 0.29) is 13.2 Å². The minimum absolute atomic E-state index is 0.200. The van der Waals surface area contributed by atoms with Gasteiger partial charge in [-0.25, -0.2) is 10.2 Å². The second-order valence-corrected chi connectivity index (χ2v) is 9.74. The average Bonchev–Trinajstić information content (AvgIpc) is 2.84. The maximum Gasteiger partial charge on any atom is 0.303 e. The number of fused-ring (bicyclic) bond motifs is 1. The Kier molecular flexibility index (Phi) is 6.72. The summed E-state index contributed by atoms with van der Waals surface area (Å²) in [5.74, 6) is 0.667. The standard InChI is InChI=1S/C24H25N2O5P/c1-2-30-32(29,22-14-12-21(13-15-22)31-20-10-4-3-5-11-20)26-17-19-9-7-6-8-18(19)16-23(26)24(27)25-28/h3-15,23,28H,2,16-17H2,1H3,(H,25,27)/t23-,32?/m1/s1. The SMILES string of the molecule is CCOP(=O)(c1ccc(Oc2ccccc2)cc1)N1Cc2ccccc2C[C@@H]1C(=O)NO. The molecule has 0 saturated heterocycles. The molecule has 1 heterocycles. The monoisotopic (exact) mass is 452 g/mol. The maximum absolute atomic E-state index is 14.3. The molecule has 0 radical (unpaired) electrons. The Hall–Kier alpha value is -2.96. The Labute approximate surface area is 187 Å². The number of nitrogens with zero attached hydrogens (tertiary/aromatic N) is 1. The van der Waals surface area contributed by atoms with Gasteiger partial charge in [-0.3, -0.25) is 14.6 Å². The number of ether oxygens (including phenoxy) is 1. The van der Waals surface area contributed by atoms with Gasteiger partial charge in [-0.15, -0.1) is 0 Å². The lowest BCUT2D eigenvalue weighted by Crippen LogP contribution is -2.49. The minimum Gasteiger partial charge on any atom is -0.457 e. The van der Waals surface area contributed by atoms with Crippen molar-refractivity contribution in [2.45, 2.75) is 25.9 Å². The fourth-order valence-electron chi connectivity index (χ4n) is 3.89. The van der Waals surface area contributed by atoms with Crippen molar-refractivity contribution in [3.63, 3.8) is 0 Å². The molecule has 1 amide bonds. The average molecular weight is 452 g/mol. The van der Waals surface area contributed by atoms with Gasteiger partial charge < -0.3 is 9.26 Å². The topological polar surface area (TPSA) is 88.1 Å². The van der Waals surface area contributed by atoms with Crippen LogP contribution >= 0.6 is 7.52 Å². The first-order valence-corrected chi connectivity index (χ1v) is 12.0. The summed E-state index contributed by atoms with van der Waals surface area (Å²) >= 11 is 0. The van der Waals surface area contributed by atoms with Gasteiger partial charge in [-0.1, -0.05) is 42.5 Å². The zero-order valence-electron chi connectivity index (χ0n) is 17.7. The van der Waals surface area contributed by atoms with E-state index in [1.165, 1.54) is 0 Å². The third kappa shape index (κ3) is 4.47. The van der Waals surface area contributed by atoms with E-state index in [0.29, 0.717) is 23.2 Å². The quantitative estimate of drug-likeness (QED) is 0.316. The van der Waals surface area contributed by atoms with E-state index in [4.69, 9.17) is 9.26 Å². The largest absolute Gasteiger partial charge is 0.457 e. The van der Waals surface area contributed by atoms with Crippen LogP contribution in [0, 0.1) is 0 Å². The molecule has 166 valence electrons. The van der Waals surface area contributed by atoms with Crippen molar-refractivity contribution in [2.75, 3.05) is 6.61 Å². The summed E-state index contributed by atoms with van der Waals surface area (Å²) in [6, 6.07) is 23.1. The Bertz CT molecular complexity index is 1120. The minimum atomic E-state index is -3.62. The smallest absolute Gasteiger partial charge is 0.303 e. The van der Waals surface area contributed by atoms with Crippen LogP contribution in [-0.4, -0.2) is 28.4 Å². The van der Waals surface area contributed by atoms with Crippen LogP contribution in [0.1, 0.15) is 18.1 Å². The first-order chi connectivity index (χ1) is 15.5. The number of para-hydroxylation sites is 1. The van der Waals surface area contributed by atoms with Crippen molar-refractivity contribution in [1.29, 1.82) is 0 Å². The Morgan fingerprint density at radius 3 is 2.28 bits per heavy atom. The summed E-state index contributed by atoms with van der Waals surface area (Å²) in [6.45, 7) is 2.22. The van der Waals surface area contributed by atoms with Gasteiger partial charge in [0, 0.05) is 6.54 Å². The van der Waals surface area contributed by atoms with Crippen molar-refractivity contribution in [2.24, 2.45) is 0 Å². The highest BCUT2D eigenvalue weighted by Crippen LogP contribution is 2.53. The zero-order valence-corrected chi connectivity index (χ0v) is 18.6. The van der Waals surface area contributed by atoms with Crippen LogP contribution in [0.2, 0.25) is 0 Å². The molecular weight excluding hydrogens is 427 g/mol. The first-order valence-electron chi connectivity index (χ1n) is 10.4. The number of benzene rings is 3. The van der Waals surface area contributed by atoms with E-state index < -0.39 is 19.5 Å². The molecule has 0 aliphatic carbocycles. The lowest BCUT2D eigenvalue weighted by atomic mass is 9.95. The van der Waals surface area contributed by atoms with Crippen LogP contribution in [0.3, 0.4) is 0 Å². The molecule has 2 N–H and O–H groups in total. The number of rotatable bonds is 7. The molecule has 3 aromatic rings. The molecule has 1 aliphatic heterocycles. The molecule has 4 rings (SSSR count). The van der Waals surface area contributed by atoms with E-state index in [2.05, 4.69) is 0 Å². The number of amides is 1. The van der Waals surface area contributed by atoms with E-state index >= 15 is 0 Å². The number of carbonyl (C=O) groups is 1. The third-order valence-electron chi connectivity index (χ3n) is 5.42. The Morgan fingerprint density at radius 1 is 1.00 bits per heavy atom. The second-order valence-electron chi connectivity index (χ2n) is 7.41. The van der Waals surface area contributed by atoms with E-state index in [1.54, 1.807) is 41.3 Å². The number of nitrogens with one attached hydrogen (secondary N) is 1. The van der Waals surface area contributed by atoms with Crippen molar-refractivity contribution in [3.05, 3.63) is 90.0 Å². The molecule has 0 aromatic heterocycles. The van der Waals surface area contributed by atoms with Gasteiger partial charge in [-0.05, 0) is 60.9 Å². The van der Waals surface area contributed by atoms with Gasteiger partial charge in [0.2, 0.25) is 0 Å². The highest BCUT2D eigenvalue weighted by atomic mass is 31.2. The van der Waals surface area contributed by atoms with Gasteiger partial charge in [0.1, 0.15) is 17.5 Å². The molecule has 0 bridgehead atoms. The number of carbonyl (C=O) groups excluding carboxylic acids is 1. The van der Waals surface area contributed by atoms with Crippen molar-refractivity contribution < 1.29 is 23.8 Å². The van der Waals surface area contributed by atoms with Crippen molar-refractivity contribution in [1.82, 2.24) is 10.2 Å². The fraction of sp³-hybridized carbons (Fsp3) is 0.208. The highest BCUT2D eigenvalue weighted by molar-refractivity contribution is 7.64. The van der Waals surface area contributed by atoms with Gasteiger partial charge >= 0.3 is 7.52 Å². The highest BCUT2D eigenvalue weighted by Gasteiger charge is 2.44. The van der Waals surface area contributed by atoms with Crippen molar-refractivity contribution >= 4 is 18.7 Å². The fourth-order valence-corrected chi connectivity index (χ4v) is 6.25. The predicted octanol–water partition coefficient (Wildman–Crippen LogP) is 4.27. The molecule has 1 aliphatic rings. The summed E-state index contributed by atoms with van der Waals surface area (Å²) in [7, 11) is -3.62. The Balaban J connectivity index is 1.68. The summed E-state index contributed by atoms with van der Waals surface area (Å²) in [6.07, 6.45) is 0.314. The second kappa shape index (κ2) is 9.67. The summed E-state index contributed by atoms with van der Waals surface area (Å²) in [5, 5.41) is 9.78. The molecule has 0 fully saturated rings. The molecule has 32 heavy (non-hydrogen) atoms. The van der Waals surface area contributed by atoms with Crippen LogP contribution in [0.5, 0.6) is 11.5 Å². The zero-order chi connectivity index (χ0) is 22.6. The van der Waals surface area contributed by atoms with E-state index in [1.807, 2.05) is 54.6 Å². The van der Waals surface area contributed by atoms with Gasteiger partial charge in [0.15, 0.2) is 0 Å². The van der Waals surface area contributed by atoms with Crippen molar-refractivity contribution in [3.8, 4) is 11.5 Å². The van der Waals surface area contributed by atoms with Gasteiger partial charge in [-0.2, -0.15) is 0 Å². The lowest BCUT2D eigenvalue weighted by Gasteiger charge is -2.39. The van der Waals surface area contributed by atoms with Crippen LogP contribution < -0.4 is 15.5 Å². The van der Waals surface area contributed by atoms with Gasteiger partial charge in [0.05, 0.1) is 11.9 Å². The molecular formula is C24H25N2O5P. The molecule has 3 aromatic carbocycles. The summed E-state index contributed by atoms with van der Waals surface area (Å²) in [4.78, 5) is 12.5. The first kappa shape index (κ1) is 22.2. The number of hydroxylamine groups is 1. The Morgan fingerprint density at radius 2 is 1.62 bits per heavy atom. The number of hydrogen-bond donors (Lipinski definition) is 2. The van der Waals surface area contributed by atoms with Crippen LogP contribution in [0.25, 0.3) is 0 Å². The molecule has 1 unspecified atom stereocenters. The molecule has 7 nitrogen and oxygen atoms in total. The molecule has 8 heteroatoms. The molecule has 0 spiro atoms. The summed E-state index contributed by atoms with van der Waals surface area (Å²) in [5.41, 5.74) is 3.67. The summed E-state index contributed by atoms with van der Waals surface area (Å²) < 4.78 is 27.5. The van der Waals surface area contributed by atoms with Crippen LogP contribution in [0.4, 0.5) is 0 Å². The maximum atomic E-state index is 14.3. The normalized spacial score (nSPS) is 17.8.